The number of amides is 1. The minimum Gasteiger partial charge on any atom is -0.465 e. The van der Waals surface area contributed by atoms with E-state index in [1.807, 2.05) is 19.9 Å². The molecule has 7 heteroatoms. The van der Waals surface area contributed by atoms with Crippen LogP contribution in [0.4, 0.5) is 11.4 Å². The number of esters is 1. The van der Waals surface area contributed by atoms with Crippen molar-refractivity contribution in [3.63, 3.8) is 0 Å². The number of carbonyl (C=O) groups is 2. The number of methoxy groups -OCH3 is 1. The van der Waals surface area contributed by atoms with E-state index >= 15 is 0 Å². The first kappa shape index (κ1) is 17.1. The Morgan fingerprint density at radius 1 is 1.04 bits per heavy atom. The molecule has 7 nitrogen and oxygen atoms in total. The molecule has 24 heavy (non-hydrogen) atoms. The third-order valence-electron chi connectivity index (χ3n) is 3.58. The summed E-state index contributed by atoms with van der Waals surface area (Å²) in [7, 11) is 1.16. The number of ether oxygens (including phenoxy) is 1. The standard InChI is InChI=1S/C17H16N2O5/c1-10-4-5-14(6-11(10)2)18-16(20)12-7-13(17(21)24-3)9-15(8-12)19(22)23/h4-9H,1-3H3,(H,18,20). The number of anilines is 1. The van der Waals surface area contributed by atoms with Crippen molar-refractivity contribution in [1.29, 1.82) is 0 Å². The molecule has 0 bridgehead atoms. The van der Waals surface area contributed by atoms with Crippen molar-refractivity contribution < 1.29 is 19.2 Å². The Morgan fingerprint density at radius 3 is 2.29 bits per heavy atom. The summed E-state index contributed by atoms with van der Waals surface area (Å²) in [6, 6.07) is 8.83. The number of hydrogen-bond donors (Lipinski definition) is 1. The van der Waals surface area contributed by atoms with Gasteiger partial charge in [-0.3, -0.25) is 14.9 Å². The van der Waals surface area contributed by atoms with Gasteiger partial charge in [0.1, 0.15) is 0 Å². The molecule has 0 aromatic heterocycles. The highest BCUT2D eigenvalue weighted by molar-refractivity contribution is 6.06. The predicted molar refractivity (Wildman–Crippen MR) is 88.3 cm³/mol. The van der Waals surface area contributed by atoms with Crippen molar-refractivity contribution in [3.05, 3.63) is 68.8 Å². The molecular formula is C17H16N2O5. The number of carbonyl (C=O) groups excluding carboxylic acids is 2. The smallest absolute Gasteiger partial charge is 0.338 e. The topological polar surface area (TPSA) is 98.5 Å². The summed E-state index contributed by atoms with van der Waals surface area (Å²) in [4.78, 5) is 34.3. The Labute approximate surface area is 138 Å². The first-order valence-electron chi connectivity index (χ1n) is 7.08. The van der Waals surface area contributed by atoms with Gasteiger partial charge in [-0.25, -0.2) is 4.79 Å². The number of nitrogens with one attached hydrogen (secondary N) is 1. The zero-order valence-electron chi connectivity index (χ0n) is 13.5. The van der Waals surface area contributed by atoms with Gasteiger partial charge in [-0.1, -0.05) is 6.07 Å². The lowest BCUT2D eigenvalue weighted by atomic mass is 10.1. The van der Waals surface area contributed by atoms with Gasteiger partial charge in [-0.15, -0.1) is 0 Å². The maximum Gasteiger partial charge on any atom is 0.338 e. The second kappa shape index (κ2) is 6.91. The van der Waals surface area contributed by atoms with Crippen LogP contribution in [-0.4, -0.2) is 23.9 Å². The van der Waals surface area contributed by atoms with Crippen LogP contribution in [-0.2, 0) is 4.74 Å². The zero-order chi connectivity index (χ0) is 17.9. The van der Waals surface area contributed by atoms with Crippen LogP contribution >= 0.6 is 0 Å². The molecule has 2 aromatic rings. The van der Waals surface area contributed by atoms with Gasteiger partial charge < -0.3 is 10.1 Å². The average molecular weight is 328 g/mol. The van der Waals surface area contributed by atoms with Crippen LogP contribution < -0.4 is 5.32 Å². The number of aryl methyl sites for hydroxylation is 2. The predicted octanol–water partition coefficient (Wildman–Crippen LogP) is 3.25. The Hall–Kier alpha value is -3.22. The van der Waals surface area contributed by atoms with Crippen LogP contribution in [0.3, 0.4) is 0 Å². The number of non-ortho nitro benzene ring substituents is 1. The van der Waals surface area contributed by atoms with Crippen LogP contribution in [0.15, 0.2) is 36.4 Å². The van der Waals surface area contributed by atoms with E-state index in [0.29, 0.717) is 5.69 Å². The van der Waals surface area contributed by atoms with Gasteiger partial charge in [0.05, 0.1) is 17.6 Å². The van der Waals surface area contributed by atoms with E-state index in [1.54, 1.807) is 12.1 Å². The average Bonchev–Trinajstić information content (AvgIpc) is 2.56. The van der Waals surface area contributed by atoms with E-state index in [2.05, 4.69) is 10.1 Å². The van der Waals surface area contributed by atoms with E-state index < -0.39 is 16.8 Å². The van der Waals surface area contributed by atoms with Crippen LogP contribution in [0.5, 0.6) is 0 Å². The SMILES string of the molecule is COC(=O)c1cc(C(=O)Nc2ccc(C)c(C)c2)cc([N+](=O)[O-])c1. The molecule has 0 saturated carbocycles. The lowest BCUT2D eigenvalue weighted by molar-refractivity contribution is -0.384. The number of hydrogen-bond acceptors (Lipinski definition) is 5. The van der Waals surface area contributed by atoms with E-state index in [-0.39, 0.29) is 16.8 Å². The van der Waals surface area contributed by atoms with Gasteiger partial charge in [0.25, 0.3) is 11.6 Å². The molecular weight excluding hydrogens is 312 g/mol. The minimum atomic E-state index is -0.751. The molecule has 0 spiro atoms. The Balaban J connectivity index is 2.37. The molecule has 0 fully saturated rings. The van der Waals surface area contributed by atoms with Gasteiger partial charge in [-0.2, -0.15) is 0 Å². The van der Waals surface area contributed by atoms with Crippen molar-refractivity contribution in [3.8, 4) is 0 Å². The fraction of sp³-hybridized carbons (Fsp3) is 0.176. The van der Waals surface area contributed by atoms with Crippen molar-refractivity contribution in [2.24, 2.45) is 0 Å². The third-order valence-corrected chi connectivity index (χ3v) is 3.58. The monoisotopic (exact) mass is 328 g/mol. The molecule has 1 N–H and O–H groups in total. The van der Waals surface area contributed by atoms with E-state index in [1.165, 1.54) is 6.07 Å². The molecule has 2 aromatic carbocycles. The molecule has 0 aliphatic heterocycles. The highest BCUT2D eigenvalue weighted by atomic mass is 16.6. The van der Waals surface area contributed by atoms with Gasteiger partial charge in [-0.05, 0) is 43.2 Å². The lowest BCUT2D eigenvalue weighted by Gasteiger charge is -2.09. The Kier molecular flexibility index (Phi) is 4.93. The summed E-state index contributed by atoms with van der Waals surface area (Å²) in [5.41, 5.74) is 2.23. The fourth-order valence-electron chi connectivity index (χ4n) is 2.11. The van der Waals surface area contributed by atoms with Crippen molar-refractivity contribution in [2.75, 3.05) is 12.4 Å². The van der Waals surface area contributed by atoms with Crippen molar-refractivity contribution in [2.45, 2.75) is 13.8 Å². The number of nitrogens with zero attached hydrogens (tertiary/aromatic N) is 1. The summed E-state index contributed by atoms with van der Waals surface area (Å²) in [5.74, 6) is -1.30. The van der Waals surface area contributed by atoms with Crippen molar-refractivity contribution >= 4 is 23.3 Å². The van der Waals surface area contributed by atoms with Gasteiger partial charge in [0.15, 0.2) is 0 Å². The Morgan fingerprint density at radius 2 is 1.71 bits per heavy atom. The second-order valence-electron chi connectivity index (χ2n) is 5.27. The van der Waals surface area contributed by atoms with Crippen LogP contribution in [0.2, 0.25) is 0 Å². The minimum absolute atomic E-state index is 0.00262. The van der Waals surface area contributed by atoms with Gasteiger partial charge in [0, 0.05) is 23.4 Å². The molecule has 124 valence electrons. The molecule has 0 heterocycles. The van der Waals surface area contributed by atoms with Crippen LogP contribution in [0, 0.1) is 24.0 Å². The summed E-state index contributed by atoms with van der Waals surface area (Å²) < 4.78 is 4.56. The molecule has 1 amide bonds. The summed E-state index contributed by atoms with van der Waals surface area (Å²) in [5, 5.41) is 13.7. The van der Waals surface area contributed by atoms with E-state index in [0.717, 1.165) is 30.4 Å². The molecule has 0 aliphatic rings. The highest BCUT2D eigenvalue weighted by Crippen LogP contribution is 2.20. The van der Waals surface area contributed by atoms with Gasteiger partial charge in [0.2, 0.25) is 0 Å². The number of nitro groups is 1. The van der Waals surface area contributed by atoms with E-state index in [9.17, 15) is 19.7 Å². The molecule has 2 rings (SSSR count). The van der Waals surface area contributed by atoms with Gasteiger partial charge >= 0.3 is 5.97 Å². The fourth-order valence-corrected chi connectivity index (χ4v) is 2.11. The lowest BCUT2D eigenvalue weighted by Crippen LogP contribution is -2.14. The number of nitro benzene ring substituents is 1. The molecule has 0 saturated heterocycles. The van der Waals surface area contributed by atoms with Crippen molar-refractivity contribution in [1.82, 2.24) is 0 Å². The van der Waals surface area contributed by atoms with Crippen LogP contribution in [0.25, 0.3) is 0 Å². The zero-order valence-corrected chi connectivity index (χ0v) is 13.5. The largest absolute Gasteiger partial charge is 0.465 e. The first-order chi connectivity index (χ1) is 11.3. The molecule has 0 radical (unpaired) electrons. The second-order valence-corrected chi connectivity index (χ2v) is 5.27. The molecule has 0 atom stereocenters. The number of rotatable bonds is 4. The summed E-state index contributed by atoms with van der Waals surface area (Å²) >= 11 is 0. The number of benzene rings is 2. The maximum atomic E-state index is 12.4. The Bertz CT molecular complexity index is 830. The quantitative estimate of drug-likeness (QED) is 0.527. The molecule has 0 unspecified atom stereocenters. The summed E-state index contributed by atoms with van der Waals surface area (Å²) in [6.45, 7) is 3.86. The first-order valence-corrected chi connectivity index (χ1v) is 7.08. The summed E-state index contributed by atoms with van der Waals surface area (Å²) in [6.07, 6.45) is 0. The maximum absolute atomic E-state index is 12.4. The third kappa shape index (κ3) is 3.75. The van der Waals surface area contributed by atoms with E-state index in [4.69, 9.17) is 0 Å². The molecule has 0 aliphatic carbocycles. The van der Waals surface area contributed by atoms with Crippen LogP contribution in [0.1, 0.15) is 31.8 Å². The normalized spacial score (nSPS) is 10.1. The highest BCUT2D eigenvalue weighted by Gasteiger charge is 2.18.